The minimum atomic E-state index is 0.183. The monoisotopic (exact) mass is 345 g/mol. The minimum Gasteiger partial charge on any atom is -0.488 e. The maximum absolute atomic E-state index is 6.09. The molecule has 5 nitrogen and oxygen atoms in total. The summed E-state index contributed by atoms with van der Waals surface area (Å²) in [5.74, 6) is 0.911. The summed E-state index contributed by atoms with van der Waals surface area (Å²) in [6.07, 6.45) is 1.62. The van der Waals surface area contributed by atoms with Gasteiger partial charge < -0.3 is 15.2 Å². The Kier molecular flexibility index (Phi) is 3.97. The van der Waals surface area contributed by atoms with Crippen LogP contribution in [-0.4, -0.2) is 16.8 Å². The summed E-state index contributed by atoms with van der Waals surface area (Å²) >= 11 is 18.2. The second kappa shape index (κ2) is 5.75. The smallest absolute Gasteiger partial charge is 0.282 e. The number of fused-ring (bicyclic) bond motifs is 1. The van der Waals surface area contributed by atoms with Crippen molar-refractivity contribution in [2.75, 3.05) is 12.3 Å². The van der Waals surface area contributed by atoms with E-state index in [9.17, 15) is 0 Å². The van der Waals surface area contributed by atoms with E-state index in [1.807, 2.05) is 0 Å². The number of ether oxygens (including phenoxy) is 2. The lowest BCUT2D eigenvalue weighted by molar-refractivity contribution is 0.269. The molecule has 3 rings (SSSR count). The van der Waals surface area contributed by atoms with Crippen LogP contribution in [-0.2, 0) is 6.42 Å². The van der Waals surface area contributed by atoms with Crippen molar-refractivity contribution in [3.63, 3.8) is 0 Å². The molecule has 0 radical (unpaired) electrons. The first-order valence-electron chi connectivity index (χ1n) is 6.16. The second-order valence-electron chi connectivity index (χ2n) is 4.47. The zero-order valence-corrected chi connectivity index (χ0v) is 13.0. The molecule has 0 amide bonds. The number of nitrogens with two attached hydrogens (primary N) is 1. The van der Waals surface area contributed by atoms with E-state index in [1.165, 1.54) is 0 Å². The molecule has 21 heavy (non-hydrogen) atoms. The summed E-state index contributed by atoms with van der Waals surface area (Å²) < 4.78 is 11.3. The molecular formula is C13H10Cl3N3O2. The Morgan fingerprint density at radius 1 is 1.14 bits per heavy atom. The quantitative estimate of drug-likeness (QED) is 0.828. The molecule has 2 heterocycles. The zero-order chi connectivity index (χ0) is 15.0. The predicted octanol–water partition coefficient (Wildman–Crippen LogP) is 4.14. The van der Waals surface area contributed by atoms with Crippen LogP contribution < -0.4 is 15.2 Å². The number of anilines is 1. The minimum absolute atomic E-state index is 0.183. The van der Waals surface area contributed by atoms with Gasteiger partial charge in [-0.05, 0) is 25.0 Å². The third-order valence-corrected chi connectivity index (χ3v) is 3.85. The number of aromatic nitrogens is 2. The van der Waals surface area contributed by atoms with Crippen molar-refractivity contribution in [1.82, 2.24) is 10.2 Å². The van der Waals surface area contributed by atoms with Crippen LogP contribution in [0.15, 0.2) is 12.1 Å². The van der Waals surface area contributed by atoms with Crippen LogP contribution in [0.1, 0.15) is 12.0 Å². The molecule has 0 fully saturated rings. The van der Waals surface area contributed by atoms with Gasteiger partial charge in [0.15, 0.2) is 16.7 Å². The summed E-state index contributed by atoms with van der Waals surface area (Å²) in [5, 5.41) is 8.65. The number of nitrogen functional groups attached to an aromatic ring is 1. The van der Waals surface area contributed by atoms with Crippen LogP contribution in [0.4, 0.5) is 5.69 Å². The fraction of sp³-hybridized carbons (Fsp3) is 0.231. The Balaban J connectivity index is 2.03. The predicted molar refractivity (Wildman–Crippen MR) is 81.8 cm³/mol. The van der Waals surface area contributed by atoms with E-state index in [4.69, 9.17) is 50.0 Å². The summed E-state index contributed by atoms with van der Waals surface area (Å²) in [6, 6.07) is 3.08. The molecule has 0 saturated carbocycles. The lowest BCUT2D eigenvalue weighted by atomic mass is 10.1. The molecule has 0 atom stereocenters. The van der Waals surface area contributed by atoms with E-state index in [0.29, 0.717) is 23.2 Å². The molecule has 0 spiro atoms. The maximum Gasteiger partial charge on any atom is 0.282 e. The van der Waals surface area contributed by atoms with Crippen LogP contribution in [0.2, 0.25) is 15.2 Å². The highest BCUT2D eigenvalue weighted by Crippen LogP contribution is 2.42. The van der Waals surface area contributed by atoms with Gasteiger partial charge in [-0.25, -0.2) is 0 Å². The van der Waals surface area contributed by atoms with Crippen molar-refractivity contribution in [2.24, 2.45) is 0 Å². The van der Waals surface area contributed by atoms with Gasteiger partial charge in [-0.1, -0.05) is 34.8 Å². The highest BCUT2D eigenvalue weighted by atomic mass is 35.5. The van der Waals surface area contributed by atoms with E-state index in [1.54, 1.807) is 12.1 Å². The van der Waals surface area contributed by atoms with Gasteiger partial charge in [0, 0.05) is 11.3 Å². The van der Waals surface area contributed by atoms with Crippen molar-refractivity contribution in [1.29, 1.82) is 0 Å². The molecule has 0 aliphatic carbocycles. The van der Waals surface area contributed by atoms with Crippen molar-refractivity contribution in [3.8, 4) is 17.4 Å². The van der Waals surface area contributed by atoms with Crippen LogP contribution in [0.25, 0.3) is 0 Å². The fourth-order valence-electron chi connectivity index (χ4n) is 2.05. The molecule has 2 aromatic rings. The Hall–Kier alpha value is -1.43. The van der Waals surface area contributed by atoms with Crippen LogP contribution in [0, 0.1) is 0 Å². The number of nitrogens with zero attached hydrogens (tertiary/aromatic N) is 2. The number of hydrogen-bond donors (Lipinski definition) is 1. The molecule has 2 N–H and O–H groups in total. The zero-order valence-electron chi connectivity index (χ0n) is 10.7. The molecule has 0 unspecified atom stereocenters. The maximum atomic E-state index is 6.09. The fourth-order valence-corrected chi connectivity index (χ4v) is 2.85. The normalized spacial score (nSPS) is 13.5. The van der Waals surface area contributed by atoms with Crippen LogP contribution in [0.3, 0.4) is 0 Å². The van der Waals surface area contributed by atoms with E-state index in [0.717, 1.165) is 18.4 Å². The van der Waals surface area contributed by atoms with Gasteiger partial charge in [-0.3, -0.25) is 0 Å². The van der Waals surface area contributed by atoms with E-state index in [2.05, 4.69) is 10.2 Å². The van der Waals surface area contributed by atoms with Gasteiger partial charge in [0.25, 0.3) is 5.88 Å². The Morgan fingerprint density at radius 2 is 1.86 bits per heavy atom. The first kappa shape index (κ1) is 14.5. The van der Waals surface area contributed by atoms with Crippen molar-refractivity contribution >= 4 is 40.5 Å². The van der Waals surface area contributed by atoms with Crippen LogP contribution in [0.5, 0.6) is 17.4 Å². The van der Waals surface area contributed by atoms with Crippen molar-refractivity contribution in [3.05, 3.63) is 32.9 Å². The van der Waals surface area contributed by atoms with Crippen LogP contribution >= 0.6 is 34.8 Å². The van der Waals surface area contributed by atoms with Gasteiger partial charge in [-0.15, -0.1) is 10.2 Å². The van der Waals surface area contributed by atoms with Gasteiger partial charge in [0.2, 0.25) is 0 Å². The Labute approximate surface area is 135 Å². The molecule has 1 aromatic heterocycles. The molecule has 1 aliphatic heterocycles. The summed E-state index contributed by atoms with van der Waals surface area (Å²) in [5.41, 5.74) is 6.87. The van der Waals surface area contributed by atoms with Crippen molar-refractivity contribution < 1.29 is 9.47 Å². The number of halogens is 3. The third kappa shape index (κ3) is 2.81. The molecule has 0 saturated heterocycles. The highest BCUT2D eigenvalue weighted by molar-refractivity contribution is 6.37. The highest BCUT2D eigenvalue weighted by Gasteiger charge is 2.23. The number of hydrogen-bond acceptors (Lipinski definition) is 5. The SMILES string of the molecule is Nc1cc(Cl)c(Oc2nnc(Cl)c3c2OCCC3)c(Cl)c1. The standard InChI is InChI=1S/C13H10Cl3N3O2/c14-8-4-6(17)5-9(15)11(8)21-13-10-7(2-1-3-20-10)12(16)18-19-13/h4-5H,1-3,17H2. The second-order valence-corrected chi connectivity index (χ2v) is 5.64. The number of benzene rings is 1. The van der Waals surface area contributed by atoms with Crippen molar-refractivity contribution in [2.45, 2.75) is 12.8 Å². The van der Waals surface area contributed by atoms with Gasteiger partial charge in [0.1, 0.15) is 0 Å². The molecule has 1 aromatic carbocycles. The molecular weight excluding hydrogens is 337 g/mol. The number of rotatable bonds is 2. The first-order chi connectivity index (χ1) is 10.1. The van der Waals surface area contributed by atoms with Gasteiger partial charge in [-0.2, -0.15) is 0 Å². The topological polar surface area (TPSA) is 70.3 Å². The summed E-state index contributed by atoms with van der Waals surface area (Å²) in [6.45, 7) is 0.564. The Morgan fingerprint density at radius 3 is 2.57 bits per heavy atom. The van der Waals surface area contributed by atoms with E-state index < -0.39 is 0 Å². The van der Waals surface area contributed by atoms with E-state index in [-0.39, 0.29) is 21.7 Å². The molecule has 8 heteroatoms. The first-order valence-corrected chi connectivity index (χ1v) is 7.30. The summed E-state index contributed by atoms with van der Waals surface area (Å²) in [4.78, 5) is 0. The van der Waals surface area contributed by atoms with Gasteiger partial charge in [0.05, 0.1) is 16.7 Å². The third-order valence-electron chi connectivity index (χ3n) is 2.98. The lowest BCUT2D eigenvalue weighted by Crippen LogP contribution is -2.12. The molecule has 0 bridgehead atoms. The Bertz CT molecular complexity index is 686. The average molecular weight is 347 g/mol. The molecule has 110 valence electrons. The lowest BCUT2D eigenvalue weighted by Gasteiger charge is -2.20. The van der Waals surface area contributed by atoms with E-state index >= 15 is 0 Å². The molecule has 1 aliphatic rings. The average Bonchev–Trinajstić information content (AvgIpc) is 2.45. The summed E-state index contributed by atoms with van der Waals surface area (Å²) in [7, 11) is 0. The van der Waals surface area contributed by atoms with Gasteiger partial charge >= 0.3 is 0 Å². The largest absolute Gasteiger partial charge is 0.488 e.